The van der Waals surface area contributed by atoms with Gasteiger partial charge in [0.1, 0.15) is 11.4 Å². The van der Waals surface area contributed by atoms with Crippen molar-refractivity contribution in [3.05, 3.63) is 23.9 Å². The number of hydrogen-bond donors (Lipinski definition) is 0. The molecule has 0 spiro atoms. The number of anilines is 1. The van der Waals surface area contributed by atoms with Crippen LogP contribution in [0.1, 0.15) is 50.9 Å². The largest absolute Gasteiger partial charge is 0.462 e. The SMILES string of the molecule is CCOC(=O)c1ccc(N2CCC[C@@H](N(C)C(=O)OC(C)(C)C)C2)nc1. The lowest BCUT2D eigenvalue weighted by Crippen LogP contribution is -2.50. The van der Waals surface area contributed by atoms with Gasteiger partial charge in [-0.05, 0) is 52.7 Å². The molecule has 0 radical (unpaired) electrons. The average molecular weight is 363 g/mol. The Morgan fingerprint density at radius 1 is 1.35 bits per heavy atom. The number of carbonyl (C=O) groups excluding carboxylic acids is 2. The molecule has 2 rings (SSSR count). The molecular weight excluding hydrogens is 334 g/mol. The number of piperidine rings is 1. The van der Waals surface area contributed by atoms with Crippen molar-refractivity contribution in [2.24, 2.45) is 0 Å². The van der Waals surface area contributed by atoms with Crippen molar-refractivity contribution in [1.29, 1.82) is 0 Å². The van der Waals surface area contributed by atoms with E-state index in [-0.39, 0.29) is 18.1 Å². The third-order valence-electron chi connectivity index (χ3n) is 4.21. The van der Waals surface area contributed by atoms with E-state index >= 15 is 0 Å². The summed E-state index contributed by atoms with van der Waals surface area (Å²) in [5.74, 6) is 0.424. The number of nitrogens with zero attached hydrogens (tertiary/aromatic N) is 3. The highest BCUT2D eigenvalue weighted by molar-refractivity contribution is 5.89. The maximum atomic E-state index is 12.3. The lowest BCUT2D eigenvalue weighted by atomic mass is 10.0. The number of amides is 1. The summed E-state index contributed by atoms with van der Waals surface area (Å²) in [6.07, 6.45) is 3.11. The molecule has 1 aliphatic heterocycles. The van der Waals surface area contributed by atoms with Gasteiger partial charge in [0.2, 0.25) is 0 Å². The normalized spacial score (nSPS) is 17.6. The first-order valence-electron chi connectivity index (χ1n) is 9.05. The summed E-state index contributed by atoms with van der Waals surface area (Å²) in [7, 11) is 1.78. The molecule has 1 aromatic heterocycles. The topological polar surface area (TPSA) is 72.0 Å². The van der Waals surface area contributed by atoms with Gasteiger partial charge in [-0.3, -0.25) is 0 Å². The van der Waals surface area contributed by atoms with Crippen molar-refractivity contribution in [2.45, 2.75) is 52.2 Å². The molecule has 7 nitrogen and oxygen atoms in total. The first-order chi connectivity index (χ1) is 12.2. The summed E-state index contributed by atoms with van der Waals surface area (Å²) >= 11 is 0. The van der Waals surface area contributed by atoms with Crippen molar-refractivity contribution in [3.8, 4) is 0 Å². The summed E-state index contributed by atoms with van der Waals surface area (Å²) in [5, 5.41) is 0. The standard InChI is InChI=1S/C19H29N3O4/c1-6-25-17(23)14-9-10-16(20-12-14)22-11-7-8-15(13-22)21(5)18(24)26-19(2,3)4/h9-10,12,15H,6-8,11,13H2,1-5H3/t15-/m1/s1. The molecular formula is C19H29N3O4. The van der Waals surface area contributed by atoms with Gasteiger partial charge in [0, 0.05) is 26.3 Å². The van der Waals surface area contributed by atoms with Crippen LogP contribution in [-0.4, -0.2) is 60.3 Å². The second-order valence-electron chi connectivity index (χ2n) is 7.46. The summed E-state index contributed by atoms with van der Waals surface area (Å²) < 4.78 is 10.4. The fraction of sp³-hybridized carbons (Fsp3) is 0.632. The highest BCUT2D eigenvalue weighted by atomic mass is 16.6. The maximum absolute atomic E-state index is 12.3. The van der Waals surface area contributed by atoms with E-state index in [0.29, 0.717) is 18.7 Å². The third-order valence-corrected chi connectivity index (χ3v) is 4.21. The molecule has 0 aliphatic carbocycles. The maximum Gasteiger partial charge on any atom is 0.410 e. The lowest BCUT2D eigenvalue weighted by molar-refractivity contribution is 0.0209. The summed E-state index contributed by atoms with van der Waals surface area (Å²) in [4.78, 5) is 32.2. The Kier molecular flexibility index (Phi) is 6.45. The predicted octanol–water partition coefficient (Wildman–Crippen LogP) is 3.09. The molecule has 0 N–H and O–H groups in total. The van der Waals surface area contributed by atoms with Crippen molar-refractivity contribution in [2.75, 3.05) is 31.6 Å². The van der Waals surface area contributed by atoms with Gasteiger partial charge in [-0.25, -0.2) is 14.6 Å². The monoisotopic (exact) mass is 363 g/mol. The van der Waals surface area contributed by atoms with E-state index in [4.69, 9.17) is 9.47 Å². The van der Waals surface area contributed by atoms with Gasteiger partial charge in [0.25, 0.3) is 0 Å². The van der Waals surface area contributed by atoms with E-state index in [9.17, 15) is 9.59 Å². The zero-order valence-electron chi connectivity index (χ0n) is 16.3. The van der Waals surface area contributed by atoms with E-state index in [0.717, 1.165) is 25.2 Å². The van der Waals surface area contributed by atoms with Gasteiger partial charge in [-0.15, -0.1) is 0 Å². The molecule has 0 bridgehead atoms. The van der Waals surface area contributed by atoms with Crippen LogP contribution in [0.25, 0.3) is 0 Å². The molecule has 1 aliphatic rings. The number of hydrogen-bond acceptors (Lipinski definition) is 6. The van der Waals surface area contributed by atoms with E-state index in [1.165, 1.54) is 6.20 Å². The molecule has 0 saturated carbocycles. The quantitative estimate of drug-likeness (QED) is 0.766. The van der Waals surface area contributed by atoms with E-state index in [2.05, 4.69) is 9.88 Å². The summed E-state index contributed by atoms with van der Waals surface area (Å²) in [6, 6.07) is 3.61. The molecule has 1 atom stereocenters. The van der Waals surface area contributed by atoms with Crippen LogP contribution in [0.15, 0.2) is 18.3 Å². The van der Waals surface area contributed by atoms with Crippen LogP contribution >= 0.6 is 0 Å². The van der Waals surface area contributed by atoms with Crippen LogP contribution < -0.4 is 4.90 Å². The van der Waals surface area contributed by atoms with Gasteiger partial charge in [0.15, 0.2) is 0 Å². The molecule has 1 aromatic rings. The Morgan fingerprint density at radius 2 is 2.08 bits per heavy atom. The molecule has 1 fully saturated rings. The molecule has 2 heterocycles. The number of carbonyl (C=O) groups is 2. The zero-order chi connectivity index (χ0) is 19.3. The van der Waals surface area contributed by atoms with E-state index in [1.54, 1.807) is 24.9 Å². The number of ether oxygens (including phenoxy) is 2. The lowest BCUT2D eigenvalue weighted by Gasteiger charge is -2.38. The Morgan fingerprint density at radius 3 is 2.65 bits per heavy atom. The van der Waals surface area contributed by atoms with Crippen molar-refractivity contribution < 1.29 is 19.1 Å². The first-order valence-corrected chi connectivity index (χ1v) is 9.05. The van der Waals surface area contributed by atoms with Crippen LogP contribution in [0.2, 0.25) is 0 Å². The molecule has 1 amide bonds. The highest BCUT2D eigenvalue weighted by Crippen LogP contribution is 2.22. The highest BCUT2D eigenvalue weighted by Gasteiger charge is 2.29. The molecule has 144 valence electrons. The molecule has 7 heteroatoms. The number of esters is 1. The van der Waals surface area contributed by atoms with Crippen LogP contribution in [0.4, 0.5) is 10.6 Å². The van der Waals surface area contributed by atoms with Gasteiger partial charge in [-0.2, -0.15) is 0 Å². The fourth-order valence-corrected chi connectivity index (χ4v) is 2.87. The van der Waals surface area contributed by atoms with Crippen LogP contribution in [-0.2, 0) is 9.47 Å². The fourth-order valence-electron chi connectivity index (χ4n) is 2.87. The molecule has 26 heavy (non-hydrogen) atoms. The number of rotatable bonds is 4. The minimum Gasteiger partial charge on any atom is -0.462 e. The van der Waals surface area contributed by atoms with E-state index in [1.807, 2.05) is 26.8 Å². The zero-order valence-corrected chi connectivity index (χ0v) is 16.3. The van der Waals surface area contributed by atoms with Crippen molar-refractivity contribution in [1.82, 2.24) is 9.88 Å². The summed E-state index contributed by atoms with van der Waals surface area (Å²) in [5.41, 5.74) is -0.0699. The minimum atomic E-state index is -0.510. The Labute approximate surface area is 155 Å². The first kappa shape index (κ1) is 20.0. The van der Waals surface area contributed by atoms with Crippen LogP contribution in [0.5, 0.6) is 0 Å². The van der Waals surface area contributed by atoms with Gasteiger partial charge in [-0.1, -0.05) is 0 Å². The second-order valence-corrected chi connectivity index (χ2v) is 7.46. The predicted molar refractivity (Wildman–Crippen MR) is 99.4 cm³/mol. The Bertz CT molecular complexity index is 625. The molecule has 0 unspecified atom stereocenters. The molecule has 0 aromatic carbocycles. The smallest absolute Gasteiger partial charge is 0.410 e. The molecule has 1 saturated heterocycles. The van der Waals surface area contributed by atoms with Gasteiger partial charge < -0.3 is 19.3 Å². The van der Waals surface area contributed by atoms with Gasteiger partial charge in [0.05, 0.1) is 18.2 Å². The van der Waals surface area contributed by atoms with Crippen LogP contribution in [0, 0.1) is 0 Å². The number of aromatic nitrogens is 1. The average Bonchev–Trinajstić information content (AvgIpc) is 2.60. The third kappa shape index (κ3) is 5.34. The number of likely N-dealkylation sites (N-methyl/N-ethyl adjacent to an activating group) is 1. The van der Waals surface area contributed by atoms with Crippen molar-refractivity contribution >= 4 is 17.9 Å². The van der Waals surface area contributed by atoms with Crippen LogP contribution in [0.3, 0.4) is 0 Å². The second kappa shape index (κ2) is 8.38. The van der Waals surface area contributed by atoms with E-state index < -0.39 is 5.60 Å². The Balaban J connectivity index is 2.01. The van der Waals surface area contributed by atoms with Gasteiger partial charge >= 0.3 is 12.1 Å². The van der Waals surface area contributed by atoms with Crippen molar-refractivity contribution in [3.63, 3.8) is 0 Å². The Hall–Kier alpha value is -2.31. The summed E-state index contributed by atoms with van der Waals surface area (Å²) in [6.45, 7) is 9.24. The number of pyridine rings is 1. The minimum absolute atomic E-state index is 0.0603.